The lowest BCUT2D eigenvalue weighted by molar-refractivity contribution is -0.145. The molecule has 20 heavy (non-hydrogen) atoms. The monoisotopic (exact) mass is 291 g/mol. The molecule has 2 rings (SSSR count). The molecule has 0 aliphatic carbocycles. The van der Waals surface area contributed by atoms with Crippen LogP contribution in [0.5, 0.6) is 0 Å². The molecule has 0 bridgehead atoms. The standard InChI is InChI=1S/C14H14ClN3O2/c1-14(13(19)20-2,12-9-16-7-8-17-12)18-11-5-3-10(15)4-6-11/h3-9,18H,1-2H3. The van der Waals surface area contributed by atoms with Crippen LogP contribution in [0.1, 0.15) is 12.6 Å². The summed E-state index contributed by atoms with van der Waals surface area (Å²) in [5.41, 5.74) is 0.0753. The Morgan fingerprint density at radius 3 is 2.55 bits per heavy atom. The second kappa shape index (κ2) is 5.88. The maximum absolute atomic E-state index is 12.1. The SMILES string of the molecule is COC(=O)C(C)(Nc1ccc(Cl)cc1)c1cnccn1. The summed E-state index contributed by atoms with van der Waals surface area (Å²) < 4.78 is 4.87. The topological polar surface area (TPSA) is 64.1 Å². The van der Waals surface area contributed by atoms with Gasteiger partial charge in [-0.05, 0) is 31.2 Å². The van der Waals surface area contributed by atoms with E-state index in [1.165, 1.54) is 19.5 Å². The summed E-state index contributed by atoms with van der Waals surface area (Å²) in [5.74, 6) is -0.451. The average Bonchev–Trinajstić information content (AvgIpc) is 2.49. The molecule has 1 atom stereocenters. The van der Waals surface area contributed by atoms with Crippen LogP contribution in [0.3, 0.4) is 0 Å². The van der Waals surface area contributed by atoms with Gasteiger partial charge >= 0.3 is 5.97 Å². The van der Waals surface area contributed by atoms with Gasteiger partial charge in [0.05, 0.1) is 19.0 Å². The predicted molar refractivity (Wildman–Crippen MR) is 76.5 cm³/mol. The minimum atomic E-state index is -1.13. The molecule has 0 amide bonds. The normalized spacial score (nSPS) is 13.3. The van der Waals surface area contributed by atoms with Crippen molar-refractivity contribution in [2.75, 3.05) is 12.4 Å². The fourth-order valence-electron chi connectivity index (χ4n) is 1.80. The summed E-state index contributed by atoms with van der Waals surface area (Å²) in [7, 11) is 1.33. The number of halogens is 1. The van der Waals surface area contributed by atoms with Crippen LogP contribution in [0.15, 0.2) is 42.9 Å². The van der Waals surface area contributed by atoms with Crippen molar-refractivity contribution in [2.24, 2.45) is 0 Å². The van der Waals surface area contributed by atoms with Crippen LogP contribution in [0.4, 0.5) is 5.69 Å². The van der Waals surface area contributed by atoms with Crippen LogP contribution >= 0.6 is 11.6 Å². The number of nitrogens with zero attached hydrogens (tertiary/aromatic N) is 2. The summed E-state index contributed by atoms with van der Waals surface area (Å²) in [5, 5.41) is 3.73. The van der Waals surface area contributed by atoms with E-state index in [0.717, 1.165) is 5.69 Å². The Morgan fingerprint density at radius 1 is 1.30 bits per heavy atom. The number of carbonyl (C=O) groups excluding carboxylic acids is 1. The highest BCUT2D eigenvalue weighted by atomic mass is 35.5. The Hall–Kier alpha value is -2.14. The van der Waals surface area contributed by atoms with E-state index in [0.29, 0.717) is 10.7 Å². The minimum absolute atomic E-state index is 0.451. The number of carbonyl (C=O) groups is 1. The first kappa shape index (κ1) is 14.3. The molecular formula is C14H14ClN3O2. The van der Waals surface area contributed by atoms with Crippen molar-refractivity contribution in [3.05, 3.63) is 53.6 Å². The highest BCUT2D eigenvalue weighted by Gasteiger charge is 2.38. The second-order valence-electron chi connectivity index (χ2n) is 4.34. The molecule has 0 aliphatic rings. The predicted octanol–water partition coefficient (Wildman–Crippen LogP) is 2.63. The number of aromatic nitrogens is 2. The van der Waals surface area contributed by atoms with Gasteiger partial charge < -0.3 is 10.1 Å². The summed E-state index contributed by atoms with van der Waals surface area (Å²) in [6, 6.07) is 7.02. The molecule has 0 aliphatic heterocycles. The first-order chi connectivity index (χ1) is 9.56. The third kappa shape index (κ3) is 2.88. The van der Waals surface area contributed by atoms with Crippen LogP contribution < -0.4 is 5.32 Å². The van der Waals surface area contributed by atoms with Crippen molar-refractivity contribution >= 4 is 23.3 Å². The van der Waals surface area contributed by atoms with Crippen LogP contribution in [-0.2, 0) is 15.1 Å². The second-order valence-corrected chi connectivity index (χ2v) is 4.78. The lowest BCUT2D eigenvalue weighted by atomic mass is 9.97. The van der Waals surface area contributed by atoms with E-state index in [-0.39, 0.29) is 0 Å². The van der Waals surface area contributed by atoms with Gasteiger partial charge in [-0.2, -0.15) is 0 Å². The van der Waals surface area contributed by atoms with E-state index in [2.05, 4.69) is 15.3 Å². The average molecular weight is 292 g/mol. The van der Waals surface area contributed by atoms with E-state index in [9.17, 15) is 4.79 Å². The Bertz CT molecular complexity index is 589. The largest absolute Gasteiger partial charge is 0.467 e. The van der Waals surface area contributed by atoms with Gasteiger partial charge in [0.25, 0.3) is 0 Å². The molecule has 0 radical (unpaired) electrons. The van der Waals surface area contributed by atoms with Crippen molar-refractivity contribution in [1.29, 1.82) is 0 Å². The summed E-state index contributed by atoms with van der Waals surface area (Å²) in [4.78, 5) is 20.3. The van der Waals surface area contributed by atoms with Crippen molar-refractivity contribution in [1.82, 2.24) is 9.97 Å². The minimum Gasteiger partial charge on any atom is -0.467 e. The zero-order valence-electron chi connectivity index (χ0n) is 11.1. The lowest BCUT2D eigenvalue weighted by Crippen LogP contribution is -2.42. The molecule has 0 fully saturated rings. The molecule has 1 heterocycles. The molecule has 1 aromatic heterocycles. The Kier molecular flexibility index (Phi) is 4.20. The molecule has 0 saturated carbocycles. The van der Waals surface area contributed by atoms with Crippen molar-refractivity contribution in [3.63, 3.8) is 0 Å². The van der Waals surface area contributed by atoms with Crippen LogP contribution in [-0.4, -0.2) is 23.0 Å². The molecule has 104 valence electrons. The third-order valence-corrected chi connectivity index (χ3v) is 3.16. The molecule has 0 saturated heterocycles. The molecule has 2 aromatic rings. The summed E-state index contributed by atoms with van der Waals surface area (Å²) in [6.07, 6.45) is 4.60. The van der Waals surface area contributed by atoms with Gasteiger partial charge in [0, 0.05) is 23.1 Å². The molecule has 1 aromatic carbocycles. The number of nitrogens with one attached hydrogen (secondary N) is 1. The number of benzene rings is 1. The Balaban J connectivity index is 2.38. The zero-order valence-corrected chi connectivity index (χ0v) is 11.9. The number of methoxy groups -OCH3 is 1. The van der Waals surface area contributed by atoms with Crippen LogP contribution in [0, 0.1) is 0 Å². The maximum Gasteiger partial charge on any atom is 0.337 e. The highest BCUT2D eigenvalue weighted by molar-refractivity contribution is 6.30. The maximum atomic E-state index is 12.1. The number of hydrogen-bond acceptors (Lipinski definition) is 5. The first-order valence-electron chi connectivity index (χ1n) is 5.95. The van der Waals surface area contributed by atoms with Gasteiger partial charge in [0.1, 0.15) is 0 Å². The Morgan fingerprint density at radius 2 is 2.00 bits per heavy atom. The number of rotatable bonds is 4. The quantitative estimate of drug-likeness (QED) is 0.877. The van der Waals surface area contributed by atoms with Crippen LogP contribution in [0.25, 0.3) is 0 Å². The van der Waals surface area contributed by atoms with Crippen molar-refractivity contribution < 1.29 is 9.53 Å². The number of anilines is 1. The van der Waals surface area contributed by atoms with E-state index >= 15 is 0 Å². The van der Waals surface area contributed by atoms with Gasteiger partial charge in [-0.15, -0.1) is 0 Å². The molecule has 5 nitrogen and oxygen atoms in total. The van der Waals surface area contributed by atoms with Crippen molar-refractivity contribution in [2.45, 2.75) is 12.5 Å². The van der Waals surface area contributed by atoms with Gasteiger partial charge in [0.15, 0.2) is 5.54 Å². The summed E-state index contributed by atoms with van der Waals surface area (Å²) >= 11 is 5.85. The van der Waals surface area contributed by atoms with E-state index < -0.39 is 11.5 Å². The van der Waals surface area contributed by atoms with Gasteiger partial charge in [0.2, 0.25) is 0 Å². The molecular weight excluding hydrogens is 278 g/mol. The van der Waals surface area contributed by atoms with E-state index in [1.54, 1.807) is 37.4 Å². The number of hydrogen-bond donors (Lipinski definition) is 1. The number of esters is 1. The molecule has 0 spiro atoms. The molecule has 1 N–H and O–H groups in total. The van der Waals surface area contributed by atoms with E-state index in [1.807, 2.05) is 0 Å². The first-order valence-corrected chi connectivity index (χ1v) is 6.33. The third-order valence-electron chi connectivity index (χ3n) is 2.91. The molecule has 1 unspecified atom stereocenters. The van der Waals surface area contributed by atoms with Gasteiger partial charge in [-0.1, -0.05) is 11.6 Å². The fraction of sp³-hybridized carbons (Fsp3) is 0.214. The van der Waals surface area contributed by atoms with Gasteiger partial charge in [-0.3, -0.25) is 9.97 Å². The smallest absolute Gasteiger partial charge is 0.337 e. The highest BCUT2D eigenvalue weighted by Crippen LogP contribution is 2.26. The Labute approximate surface area is 122 Å². The molecule has 6 heteroatoms. The van der Waals surface area contributed by atoms with E-state index in [4.69, 9.17) is 16.3 Å². The number of ether oxygens (including phenoxy) is 1. The fourth-order valence-corrected chi connectivity index (χ4v) is 1.93. The lowest BCUT2D eigenvalue weighted by Gasteiger charge is -2.28. The van der Waals surface area contributed by atoms with Gasteiger partial charge in [-0.25, -0.2) is 4.79 Å². The van der Waals surface area contributed by atoms with Crippen molar-refractivity contribution in [3.8, 4) is 0 Å². The zero-order chi connectivity index (χ0) is 14.6. The van der Waals surface area contributed by atoms with Crippen LogP contribution in [0.2, 0.25) is 5.02 Å². The summed E-state index contributed by atoms with van der Waals surface area (Å²) in [6.45, 7) is 1.69.